The fourth-order valence-electron chi connectivity index (χ4n) is 2.43. The fourth-order valence-corrected chi connectivity index (χ4v) is 2.43. The molecule has 0 saturated heterocycles. The highest BCUT2D eigenvalue weighted by Gasteiger charge is 2.22. The van der Waals surface area contributed by atoms with Crippen molar-refractivity contribution in [2.45, 2.75) is 0 Å². The first-order valence-corrected chi connectivity index (χ1v) is 6.24. The van der Waals surface area contributed by atoms with E-state index in [0.717, 1.165) is 6.07 Å². The van der Waals surface area contributed by atoms with Gasteiger partial charge in [-0.2, -0.15) is 0 Å². The second kappa shape index (κ2) is 4.73. The number of ether oxygens (including phenoxy) is 2. The van der Waals surface area contributed by atoms with E-state index in [0.29, 0.717) is 0 Å². The van der Waals surface area contributed by atoms with E-state index in [1.54, 1.807) is 0 Å². The molecule has 0 radical (unpaired) electrons. The van der Waals surface area contributed by atoms with Crippen molar-refractivity contribution in [1.29, 1.82) is 0 Å². The van der Waals surface area contributed by atoms with Gasteiger partial charge in [0.2, 0.25) is 11.2 Å². The topological polar surface area (TPSA) is 109 Å². The number of hydrogen-bond acceptors (Lipinski definition) is 7. The van der Waals surface area contributed by atoms with Crippen molar-refractivity contribution in [3.8, 4) is 28.7 Å². The largest absolute Gasteiger partial charge is 0.508 e. The van der Waals surface area contributed by atoms with Gasteiger partial charge in [0.25, 0.3) is 0 Å². The molecular formula is C15H12O7. The Bertz CT molecular complexity index is 956. The number of hydrogen-bond donors (Lipinski definition) is 3. The van der Waals surface area contributed by atoms with Gasteiger partial charge in [0, 0.05) is 18.2 Å². The van der Waals surface area contributed by atoms with Crippen LogP contribution in [0.2, 0.25) is 0 Å². The fraction of sp³-hybridized carbons (Fsp3) is 0.133. The van der Waals surface area contributed by atoms with Gasteiger partial charge in [-0.3, -0.25) is 4.79 Å². The molecule has 0 atom stereocenters. The van der Waals surface area contributed by atoms with Crippen LogP contribution >= 0.6 is 0 Å². The highest BCUT2D eigenvalue weighted by molar-refractivity contribution is 5.98. The summed E-state index contributed by atoms with van der Waals surface area (Å²) in [5, 5.41) is 29.2. The Balaban J connectivity index is 2.61. The maximum atomic E-state index is 12.7. The molecule has 0 saturated carbocycles. The summed E-state index contributed by atoms with van der Waals surface area (Å²) in [5.41, 5.74) is -0.539. The second-order valence-corrected chi connectivity index (χ2v) is 4.60. The van der Waals surface area contributed by atoms with Crippen LogP contribution in [0.5, 0.6) is 28.7 Å². The van der Waals surface area contributed by atoms with Crippen LogP contribution in [0.3, 0.4) is 0 Å². The van der Waals surface area contributed by atoms with E-state index in [9.17, 15) is 20.1 Å². The van der Waals surface area contributed by atoms with Crippen molar-refractivity contribution in [2.75, 3.05) is 14.2 Å². The van der Waals surface area contributed by atoms with Gasteiger partial charge in [0.05, 0.1) is 14.2 Å². The predicted molar refractivity (Wildman–Crippen MR) is 78.1 cm³/mol. The Kier molecular flexibility index (Phi) is 2.98. The van der Waals surface area contributed by atoms with Gasteiger partial charge in [0.15, 0.2) is 11.5 Å². The van der Waals surface area contributed by atoms with Crippen molar-refractivity contribution < 1.29 is 29.2 Å². The minimum atomic E-state index is -0.566. The number of benzene rings is 2. The molecule has 0 spiro atoms. The Morgan fingerprint density at radius 1 is 0.864 bits per heavy atom. The second-order valence-electron chi connectivity index (χ2n) is 4.60. The van der Waals surface area contributed by atoms with Crippen LogP contribution < -0.4 is 14.9 Å². The van der Waals surface area contributed by atoms with E-state index in [4.69, 9.17) is 13.9 Å². The van der Waals surface area contributed by atoms with Gasteiger partial charge in [-0.15, -0.1) is 0 Å². The van der Waals surface area contributed by atoms with Gasteiger partial charge in [-0.05, 0) is 0 Å². The van der Waals surface area contributed by atoms with Crippen LogP contribution in [-0.2, 0) is 0 Å². The maximum absolute atomic E-state index is 12.7. The molecule has 0 fully saturated rings. The third-order valence-electron chi connectivity index (χ3n) is 3.33. The zero-order chi connectivity index (χ0) is 16.0. The van der Waals surface area contributed by atoms with Crippen molar-refractivity contribution in [3.05, 3.63) is 28.4 Å². The smallest absolute Gasteiger partial charge is 0.208 e. The lowest BCUT2D eigenvalue weighted by Gasteiger charge is -2.12. The van der Waals surface area contributed by atoms with Gasteiger partial charge >= 0.3 is 0 Å². The van der Waals surface area contributed by atoms with E-state index in [-0.39, 0.29) is 44.9 Å². The molecule has 1 heterocycles. The minimum absolute atomic E-state index is 0.000579. The van der Waals surface area contributed by atoms with Gasteiger partial charge in [-0.1, -0.05) is 0 Å². The van der Waals surface area contributed by atoms with Crippen molar-refractivity contribution in [1.82, 2.24) is 0 Å². The molecule has 7 heteroatoms. The van der Waals surface area contributed by atoms with E-state index < -0.39 is 11.2 Å². The minimum Gasteiger partial charge on any atom is -0.508 e. The van der Waals surface area contributed by atoms with Crippen LogP contribution in [-0.4, -0.2) is 29.5 Å². The van der Waals surface area contributed by atoms with Crippen LogP contribution in [0.4, 0.5) is 0 Å². The summed E-state index contributed by atoms with van der Waals surface area (Å²) in [6.45, 7) is 0. The number of fused-ring (bicyclic) bond motifs is 2. The van der Waals surface area contributed by atoms with Crippen LogP contribution in [0.1, 0.15) is 0 Å². The molecule has 114 valence electrons. The molecule has 3 rings (SSSR count). The van der Waals surface area contributed by atoms with E-state index in [1.165, 1.54) is 26.4 Å². The first kappa shape index (κ1) is 13.9. The highest BCUT2D eigenvalue weighted by atomic mass is 16.5. The predicted octanol–water partition coefficient (Wildman–Crippen LogP) is 2.08. The summed E-state index contributed by atoms with van der Waals surface area (Å²) in [5.74, 6) is -0.948. The number of rotatable bonds is 2. The summed E-state index contributed by atoms with van der Waals surface area (Å²) in [6.07, 6.45) is 0. The van der Waals surface area contributed by atoms with E-state index in [2.05, 4.69) is 0 Å². The summed E-state index contributed by atoms with van der Waals surface area (Å²) >= 11 is 0. The summed E-state index contributed by atoms with van der Waals surface area (Å²) in [7, 11) is 2.64. The van der Waals surface area contributed by atoms with Gasteiger partial charge in [0.1, 0.15) is 33.4 Å². The highest BCUT2D eigenvalue weighted by Crippen LogP contribution is 2.43. The third kappa shape index (κ3) is 1.79. The first-order valence-electron chi connectivity index (χ1n) is 6.24. The Morgan fingerprint density at radius 3 is 2.14 bits per heavy atom. The monoisotopic (exact) mass is 304 g/mol. The number of methoxy groups -OCH3 is 2. The molecule has 3 aromatic rings. The van der Waals surface area contributed by atoms with Gasteiger partial charge < -0.3 is 29.2 Å². The van der Waals surface area contributed by atoms with Crippen LogP contribution in [0, 0.1) is 0 Å². The average Bonchev–Trinajstić information content (AvgIpc) is 2.44. The lowest BCUT2D eigenvalue weighted by atomic mass is 10.1. The molecular weight excluding hydrogens is 292 g/mol. The molecule has 0 aliphatic carbocycles. The van der Waals surface area contributed by atoms with E-state index in [1.807, 2.05) is 0 Å². The average molecular weight is 304 g/mol. The van der Waals surface area contributed by atoms with Crippen LogP contribution in [0.15, 0.2) is 27.4 Å². The quantitative estimate of drug-likeness (QED) is 0.622. The SMILES string of the molecule is COc1c(O)cc2oc3cc(O)cc(O)c3c(=O)c2c1OC. The van der Waals surface area contributed by atoms with Crippen molar-refractivity contribution >= 4 is 21.9 Å². The Morgan fingerprint density at radius 2 is 1.50 bits per heavy atom. The standard InChI is InChI=1S/C15H12O7/c1-20-14-8(18)5-10-12(15(14)21-2)13(19)11-7(17)3-6(16)4-9(11)22-10/h3-5,16-18H,1-2H3. The summed E-state index contributed by atoms with van der Waals surface area (Å²) in [4.78, 5) is 12.7. The zero-order valence-electron chi connectivity index (χ0n) is 11.7. The molecule has 3 N–H and O–H groups in total. The molecule has 0 amide bonds. The number of phenols is 3. The molecule has 2 aromatic carbocycles. The lowest BCUT2D eigenvalue weighted by molar-refractivity contribution is 0.335. The maximum Gasteiger partial charge on any atom is 0.208 e. The Labute approximate surface area is 123 Å². The molecule has 7 nitrogen and oxygen atoms in total. The normalized spacial score (nSPS) is 11.0. The summed E-state index contributed by atoms with van der Waals surface area (Å²) < 4.78 is 15.7. The Hall–Kier alpha value is -3.09. The molecule has 0 unspecified atom stereocenters. The molecule has 0 aliphatic heterocycles. The van der Waals surface area contributed by atoms with E-state index >= 15 is 0 Å². The molecule has 1 aromatic heterocycles. The number of phenolic OH excluding ortho intramolecular Hbond substituents is 3. The van der Waals surface area contributed by atoms with Crippen molar-refractivity contribution in [2.24, 2.45) is 0 Å². The van der Waals surface area contributed by atoms with Crippen LogP contribution in [0.25, 0.3) is 21.9 Å². The van der Waals surface area contributed by atoms with Gasteiger partial charge in [-0.25, -0.2) is 0 Å². The number of aromatic hydroxyl groups is 3. The summed E-state index contributed by atoms with van der Waals surface area (Å²) in [6, 6.07) is 3.44. The van der Waals surface area contributed by atoms with Crippen molar-refractivity contribution in [3.63, 3.8) is 0 Å². The zero-order valence-corrected chi connectivity index (χ0v) is 11.7. The molecule has 0 aliphatic rings. The third-order valence-corrected chi connectivity index (χ3v) is 3.33. The first-order chi connectivity index (χ1) is 10.5. The lowest BCUT2D eigenvalue weighted by Crippen LogP contribution is -2.05. The molecule has 0 bridgehead atoms. The molecule has 22 heavy (non-hydrogen) atoms.